The number of carbonyl (C=O) groups is 2. The van der Waals surface area contributed by atoms with Gasteiger partial charge in [0, 0.05) is 32.0 Å². The predicted molar refractivity (Wildman–Crippen MR) is 173 cm³/mol. The quantitative estimate of drug-likeness (QED) is 0.249. The molecule has 0 unspecified atom stereocenters. The number of nitrogens with zero attached hydrogens (tertiary/aromatic N) is 2. The van der Waals surface area contributed by atoms with Crippen molar-refractivity contribution in [1.29, 1.82) is 0 Å². The van der Waals surface area contributed by atoms with Crippen molar-refractivity contribution in [2.45, 2.75) is 72.0 Å². The van der Waals surface area contributed by atoms with Gasteiger partial charge < -0.3 is 15.0 Å². The normalized spacial score (nSPS) is 12.7. The van der Waals surface area contributed by atoms with Crippen LogP contribution >= 0.6 is 0 Å². The summed E-state index contributed by atoms with van der Waals surface area (Å²) < 4.78 is 32.3. The summed E-state index contributed by atoms with van der Waals surface area (Å²) in [4.78, 5) is 29.4. The van der Waals surface area contributed by atoms with Gasteiger partial charge in [-0.05, 0) is 80.1 Å². The lowest BCUT2D eigenvalue weighted by atomic mass is 10.0. The molecule has 3 aromatic rings. The molecule has 8 nitrogen and oxygen atoms in total. The third kappa shape index (κ3) is 10.1. The summed E-state index contributed by atoms with van der Waals surface area (Å²) in [5, 5.41) is 3.07. The van der Waals surface area contributed by atoms with Gasteiger partial charge in [0.05, 0.1) is 19.1 Å². The van der Waals surface area contributed by atoms with Crippen LogP contribution in [0.3, 0.4) is 0 Å². The highest BCUT2D eigenvalue weighted by molar-refractivity contribution is 7.92. The lowest BCUT2D eigenvalue weighted by Gasteiger charge is -2.33. The molecule has 0 heterocycles. The van der Waals surface area contributed by atoms with Gasteiger partial charge in [0.25, 0.3) is 0 Å². The van der Waals surface area contributed by atoms with Crippen LogP contribution in [0.2, 0.25) is 0 Å². The molecule has 0 radical (unpaired) electrons. The van der Waals surface area contributed by atoms with Crippen LogP contribution in [0.15, 0.2) is 72.8 Å². The first-order valence-electron chi connectivity index (χ1n) is 14.7. The summed E-state index contributed by atoms with van der Waals surface area (Å²) in [6.45, 7) is 8.14. The number of hydrogen-bond donors (Lipinski definition) is 1. The first-order chi connectivity index (χ1) is 20.4. The number of hydrogen-bond acceptors (Lipinski definition) is 5. The van der Waals surface area contributed by atoms with Crippen molar-refractivity contribution in [1.82, 2.24) is 10.2 Å². The molecular weight excluding hydrogens is 562 g/mol. The Labute approximate surface area is 257 Å². The highest BCUT2D eigenvalue weighted by Gasteiger charge is 2.31. The Morgan fingerprint density at radius 2 is 1.58 bits per heavy atom. The van der Waals surface area contributed by atoms with Crippen molar-refractivity contribution in [2.75, 3.05) is 24.2 Å². The molecular formula is C34H45N3O5S. The van der Waals surface area contributed by atoms with Crippen molar-refractivity contribution < 1.29 is 22.7 Å². The van der Waals surface area contributed by atoms with Crippen molar-refractivity contribution in [2.24, 2.45) is 0 Å². The largest absolute Gasteiger partial charge is 0.497 e. The molecule has 0 aromatic heterocycles. The van der Waals surface area contributed by atoms with Gasteiger partial charge in [-0.3, -0.25) is 13.9 Å². The molecule has 0 saturated carbocycles. The maximum atomic E-state index is 14.0. The van der Waals surface area contributed by atoms with Gasteiger partial charge in [0.15, 0.2) is 0 Å². The fourth-order valence-corrected chi connectivity index (χ4v) is 6.01. The molecule has 0 aliphatic heterocycles. The number of rotatable bonds is 15. The highest BCUT2D eigenvalue weighted by atomic mass is 32.2. The Hall–Kier alpha value is -3.85. The van der Waals surface area contributed by atoms with Gasteiger partial charge >= 0.3 is 0 Å². The zero-order valence-electron chi connectivity index (χ0n) is 26.2. The molecule has 0 aliphatic rings. The van der Waals surface area contributed by atoms with Crippen LogP contribution < -0.4 is 14.4 Å². The minimum atomic E-state index is -3.58. The van der Waals surface area contributed by atoms with Crippen LogP contribution in [0.4, 0.5) is 5.69 Å². The smallest absolute Gasteiger partial charge is 0.243 e. The summed E-state index contributed by atoms with van der Waals surface area (Å²) in [5.74, 6) is 0.213. The second-order valence-electron chi connectivity index (χ2n) is 11.2. The monoisotopic (exact) mass is 607 g/mol. The first kappa shape index (κ1) is 33.6. The number of benzene rings is 3. The summed E-state index contributed by atoms with van der Waals surface area (Å²) in [7, 11) is -2.00. The number of aryl methyl sites for hydroxylation is 2. The van der Waals surface area contributed by atoms with Gasteiger partial charge in [0.2, 0.25) is 21.8 Å². The molecule has 3 aromatic carbocycles. The van der Waals surface area contributed by atoms with E-state index in [1.165, 1.54) is 10.6 Å². The van der Waals surface area contributed by atoms with E-state index in [0.717, 1.165) is 28.7 Å². The van der Waals surface area contributed by atoms with Gasteiger partial charge in [-0.25, -0.2) is 8.42 Å². The van der Waals surface area contributed by atoms with Crippen molar-refractivity contribution in [3.8, 4) is 5.75 Å². The lowest BCUT2D eigenvalue weighted by Crippen LogP contribution is -2.52. The maximum Gasteiger partial charge on any atom is 0.243 e. The van der Waals surface area contributed by atoms with Crippen molar-refractivity contribution in [3.63, 3.8) is 0 Å². The average Bonchev–Trinajstić information content (AvgIpc) is 2.96. The molecule has 2 amide bonds. The Kier molecular flexibility index (Phi) is 12.2. The van der Waals surface area contributed by atoms with Crippen LogP contribution in [0.5, 0.6) is 5.75 Å². The zero-order valence-corrected chi connectivity index (χ0v) is 27.0. The third-order valence-corrected chi connectivity index (χ3v) is 8.60. The van der Waals surface area contributed by atoms with E-state index < -0.39 is 16.1 Å². The van der Waals surface area contributed by atoms with Crippen LogP contribution in [0.1, 0.15) is 55.4 Å². The number of sulfonamides is 1. The topological polar surface area (TPSA) is 96.0 Å². The first-order valence-corrected chi connectivity index (χ1v) is 16.6. The van der Waals surface area contributed by atoms with Gasteiger partial charge in [-0.15, -0.1) is 0 Å². The summed E-state index contributed by atoms with van der Waals surface area (Å²) in [6.07, 6.45) is 2.64. The van der Waals surface area contributed by atoms with Gasteiger partial charge in [-0.1, -0.05) is 55.5 Å². The number of anilines is 1. The van der Waals surface area contributed by atoms with E-state index in [-0.39, 0.29) is 37.4 Å². The third-order valence-electron chi connectivity index (χ3n) is 7.41. The number of ether oxygens (including phenoxy) is 1. The van der Waals surface area contributed by atoms with E-state index in [2.05, 4.69) is 5.32 Å². The molecule has 0 saturated heterocycles. The van der Waals surface area contributed by atoms with Crippen LogP contribution in [-0.2, 0) is 32.6 Å². The van der Waals surface area contributed by atoms with E-state index in [1.807, 2.05) is 100 Å². The highest BCUT2D eigenvalue weighted by Crippen LogP contribution is 2.23. The summed E-state index contributed by atoms with van der Waals surface area (Å²) in [6, 6.07) is 21.9. The second-order valence-corrected chi connectivity index (χ2v) is 13.1. The predicted octanol–water partition coefficient (Wildman–Crippen LogP) is 5.41. The van der Waals surface area contributed by atoms with E-state index in [0.29, 0.717) is 24.3 Å². The maximum absolute atomic E-state index is 14.0. The van der Waals surface area contributed by atoms with E-state index in [4.69, 9.17) is 4.74 Å². The number of amides is 2. The summed E-state index contributed by atoms with van der Waals surface area (Å²) in [5.41, 5.74) is 4.26. The van der Waals surface area contributed by atoms with Gasteiger partial charge in [0.1, 0.15) is 11.8 Å². The van der Waals surface area contributed by atoms with Crippen LogP contribution in [0, 0.1) is 13.8 Å². The molecule has 2 atom stereocenters. The Morgan fingerprint density at radius 3 is 2.19 bits per heavy atom. The lowest BCUT2D eigenvalue weighted by molar-refractivity contribution is -0.141. The average molecular weight is 608 g/mol. The van der Waals surface area contributed by atoms with E-state index in [1.54, 1.807) is 12.0 Å². The molecule has 9 heteroatoms. The molecule has 0 bridgehead atoms. The summed E-state index contributed by atoms with van der Waals surface area (Å²) >= 11 is 0. The Morgan fingerprint density at radius 1 is 0.930 bits per heavy atom. The minimum absolute atomic E-state index is 0.0550. The van der Waals surface area contributed by atoms with Crippen molar-refractivity contribution in [3.05, 3.63) is 95.1 Å². The van der Waals surface area contributed by atoms with Crippen LogP contribution in [-0.4, -0.2) is 57.1 Å². The number of carbonyl (C=O) groups excluding carboxylic acids is 2. The van der Waals surface area contributed by atoms with E-state index in [9.17, 15) is 18.0 Å². The minimum Gasteiger partial charge on any atom is -0.497 e. The second kappa shape index (κ2) is 15.6. The number of nitrogens with one attached hydrogen (secondary N) is 1. The Bertz CT molecular complexity index is 1460. The molecule has 232 valence electrons. The molecule has 3 rings (SSSR count). The molecule has 43 heavy (non-hydrogen) atoms. The van der Waals surface area contributed by atoms with Crippen LogP contribution in [0.25, 0.3) is 0 Å². The zero-order chi connectivity index (χ0) is 31.6. The molecule has 0 fully saturated rings. The van der Waals surface area contributed by atoms with Gasteiger partial charge in [-0.2, -0.15) is 0 Å². The SMILES string of the molecule is CC[C@@H](C)NC(=O)[C@@H](Cc1ccccc1)N(Cc1cccc(OC)c1)C(=O)CCCN(c1cc(C)cc(C)c1)S(C)(=O)=O. The standard InChI is InChI=1S/C34H45N3O5S/c1-7-27(4)35-34(39)32(23-28-13-9-8-10-14-28)36(24-29-15-11-16-31(22-29)42-5)33(38)17-12-18-37(43(6,40)41)30-20-25(2)19-26(3)21-30/h8-11,13-16,19-22,27,32H,7,12,17-18,23-24H2,1-6H3,(H,35,39)/t27-,32-/m1/s1. The number of methoxy groups -OCH3 is 1. The fraction of sp³-hybridized carbons (Fsp3) is 0.412. The molecule has 0 aliphatic carbocycles. The van der Waals surface area contributed by atoms with E-state index >= 15 is 0 Å². The fourth-order valence-electron chi connectivity index (χ4n) is 5.06. The van der Waals surface area contributed by atoms with Crippen molar-refractivity contribution >= 4 is 27.5 Å². The molecule has 0 spiro atoms. The Balaban J connectivity index is 1.92. The molecule has 1 N–H and O–H groups in total.